The van der Waals surface area contributed by atoms with Crippen molar-refractivity contribution in [2.75, 3.05) is 5.32 Å². The number of hydrogen-bond donors (Lipinski definition) is 2. The van der Waals surface area contributed by atoms with Crippen molar-refractivity contribution in [3.05, 3.63) is 92.4 Å². The van der Waals surface area contributed by atoms with E-state index in [9.17, 15) is 9.59 Å². The van der Waals surface area contributed by atoms with Crippen molar-refractivity contribution < 1.29 is 14.3 Å². The number of amides is 2. The molecule has 0 fully saturated rings. The Bertz CT molecular complexity index is 1130. The zero-order chi connectivity index (χ0) is 22.9. The fourth-order valence-corrected chi connectivity index (χ4v) is 3.58. The first-order valence-corrected chi connectivity index (χ1v) is 11.3. The molecule has 0 saturated carbocycles. The molecule has 6 nitrogen and oxygen atoms in total. The van der Waals surface area contributed by atoms with Gasteiger partial charge in [0.05, 0.1) is 16.4 Å². The number of hydrogen-bond acceptors (Lipinski definition) is 4. The lowest BCUT2D eigenvalue weighted by molar-refractivity contribution is -0.126. The lowest BCUT2D eigenvalue weighted by atomic mass is 10.2. The summed E-state index contributed by atoms with van der Waals surface area (Å²) in [5, 5.41) is 6.59. The summed E-state index contributed by atoms with van der Waals surface area (Å²) >= 11 is 6.83. The van der Waals surface area contributed by atoms with Crippen molar-refractivity contribution in [3.63, 3.8) is 0 Å². The normalized spacial score (nSPS) is 10.7. The molecular weight excluding hydrogens is 538 g/mol. The molecule has 0 atom stereocenters. The molecule has 3 aromatic carbocycles. The van der Waals surface area contributed by atoms with Gasteiger partial charge in [-0.05, 0) is 80.2 Å². The van der Waals surface area contributed by atoms with E-state index in [-0.39, 0.29) is 6.42 Å². The topological polar surface area (TPSA) is 79.8 Å². The minimum Gasteiger partial charge on any atom is -0.488 e. The fraction of sp³-hybridized carbons (Fsp3) is 0.125. The first kappa shape index (κ1) is 23.7. The molecule has 8 heteroatoms. The molecule has 0 aliphatic heterocycles. The summed E-state index contributed by atoms with van der Waals surface area (Å²) in [5.41, 5.74) is 6.01. The molecule has 0 bridgehead atoms. The number of hydrazone groups is 1. The maximum Gasteiger partial charge on any atom is 0.249 e. The molecule has 2 N–H and O–H groups in total. The zero-order valence-corrected chi connectivity index (χ0v) is 20.4. The maximum absolute atomic E-state index is 12.0. The highest BCUT2D eigenvalue weighted by atomic mass is 79.9. The van der Waals surface area contributed by atoms with Crippen LogP contribution < -0.4 is 15.5 Å². The van der Waals surface area contributed by atoms with E-state index in [1.807, 2.05) is 55.5 Å². The van der Waals surface area contributed by atoms with E-state index in [2.05, 4.69) is 47.7 Å². The van der Waals surface area contributed by atoms with Crippen molar-refractivity contribution in [2.45, 2.75) is 20.0 Å². The molecule has 0 saturated heterocycles. The Labute approximate surface area is 203 Å². The first-order valence-electron chi connectivity index (χ1n) is 9.75. The van der Waals surface area contributed by atoms with Crippen molar-refractivity contribution >= 4 is 55.6 Å². The Hall–Kier alpha value is -2.97. The van der Waals surface area contributed by atoms with Crippen LogP contribution in [0, 0.1) is 6.92 Å². The van der Waals surface area contributed by atoms with Gasteiger partial charge in [-0.25, -0.2) is 5.43 Å². The van der Waals surface area contributed by atoms with E-state index in [0.717, 1.165) is 20.1 Å². The Kier molecular flexibility index (Phi) is 8.58. The van der Waals surface area contributed by atoms with Crippen LogP contribution in [0.2, 0.25) is 0 Å². The van der Waals surface area contributed by atoms with Crippen LogP contribution in [0.3, 0.4) is 0 Å². The first-order chi connectivity index (χ1) is 15.4. The van der Waals surface area contributed by atoms with Crippen LogP contribution in [0.25, 0.3) is 0 Å². The van der Waals surface area contributed by atoms with Crippen molar-refractivity contribution in [2.24, 2.45) is 5.10 Å². The number of benzene rings is 3. The quantitative estimate of drug-likeness (QED) is 0.215. The SMILES string of the molecule is Cc1ccc(COc2ccc(C=NNC(=O)CC(=O)Nc3ccccc3Br)cc2Br)cc1. The second-order valence-corrected chi connectivity index (χ2v) is 8.67. The largest absolute Gasteiger partial charge is 0.488 e. The molecule has 0 spiro atoms. The molecule has 32 heavy (non-hydrogen) atoms. The fourth-order valence-electron chi connectivity index (χ4n) is 2.68. The average Bonchev–Trinajstić information content (AvgIpc) is 2.76. The highest BCUT2D eigenvalue weighted by Crippen LogP contribution is 2.26. The van der Waals surface area contributed by atoms with Crippen LogP contribution in [0.15, 0.2) is 80.8 Å². The number of nitrogens with one attached hydrogen (secondary N) is 2. The van der Waals surface area contributed by atoms with Gasteiger partial charge in [0.15, 0.2) is 0 Å². The van der Waals surface area contributed by atoms with E-state index in [1.165, 1.54) is 11.8 Å². The van der Waals surface area contributed by atoms with Crippen molar-refractivity contribution in [1.29, 1.82) is 0 Å². The number of ether oxygens (including phenoxy) is 1. The summed E-state index contributed by atoms with van der Waals surface area (Å²) in [4.78, 5) is 24.0. The maximum atomic E-state index is 12.0. The zero-order valence-electron chi connectivity index (χ0n) is 17.3. The molecule has 2 amide bonds. The molecule has 0 aromatic heterocycles. The molecule has 0 aliphatic rings. The van der Waals surface area contributed by atoms with Gasteiger partial charge >= 0.3 is 0 Å². The molecule has 0 unspecified atom stereocenters. The van der Waals surface area contributed by atoms with E-state index < -0.39 is 11.8 Å². The Morgan fingerprint density at radius 3 is 2.44 bits per heavy atom. The Morgan fingerprint density at radius 2 is 1.72 bits per heavy atom. The number of carbonyl (C=O) groups excluding carboxylic acids is 2. The van der Waals surface area contributed by atoms with Gasteiger partial charge in [0, 0.05) is 4.47 Å². The smallest absolute Gasteiger partial charge is 0.249 e. The van der Waals surface area contributed by atoms with Crippen LogP contribution in [-0.2, 0) is 16.2 Å². The summed E-state index contributed by atoms with van der Waals surface area (Å²) in [6.07, 6.45) is 1.16. The molecule has 0 heterocycles. The summed E-state index contributed by atoms with van der Waals surface area (Å²) < 4.78 is 7.36. The molecule has 0 radical (unpaired) electrons. The monoisotopic (exact) mass is 557 g/mol. The predicted molar refractivity (Wildman–Crippen MR) is 133 cm³/mol. The van der Waals surface area contributed by atoms with Gasteiger partial charge in [0.1, 0.15) is 18.8 Å². The van der Waals surface area contributed by atoms with Gasteiger partial charge in [-0.1, -0.05) is 42.0 Å². The van der Waals surface area contributed by atoms with E-state index >= 15 is 0 Å². The third-order valence-electron chi connectivity index (χ3n) is 4.34. The summed E-state index contributed by atoms with van der Waals surface area (Å²) in [6.45, 7) is 2.51. The number of para-hydroxylation sites is 1. The number of carbonyl (C=O) groups is 2. The number of halogens is 2. The van der Waals surface area contributed by atoms with Crippen molar-refractivity contribution in [3.8, 4) is 5.75 Å². The number of nitrogens with zero attached hydrogens (tertiary/aromatic N) is 1. The van der Waals surface area contributed by atoms with Crippen LogP contribution in [0.5, 0.6) is 5.75 Å². The second kappa shape index (κ2) is 11.6. The van der Waals surface area contributed by atoms with Gasteiger partial charge in [-0.3, -0.25) is 9.59 Å². The second-order valence-electron chi connectivity index (χ2n) is 6.96. The standard InChI is InChI=1S/C24H21Br2N3O3/c1-16-6-8-17(9-7-16)15-32-22-11-10-18(12-20(22)26)14-27-29-24(31)13-23(30)28-21-5-3-2-4-19(21)25/h2-12,14H,13,15H2,1H3,(H,28,30)(H,29,31). The van der Waals surface area contributed by atoms with E-state index in [0.29, 0.717) is 18.0 Å². The highest BCUT2D eigenvalue weighted by molar-refractivity contribution is 9.11. The number of rotatable bonds is 8. The minimum absolute atomic E-state index is 0.339. The van der Waals surface area contributed by atoms with Gasteiger partial charge in [0.25, 0.3) is 0 Å². The summed E-state index contributed by atoms with van der Waals surface area (Å²) in [5.74, 6) is -0.235. The molecule has 164 valence electrons. The minimum atomic E-state index is -0.511. The van der Waals surface area contributed by atoms with Gasteiger partial charge < -0.3 is 10.1 Å². The highest BCUT2D eigenvalue weighted by Gasteiger charge is 2.10. The molecule has 0 aliphatic carbocycles. The Morgan fingerprint density at radius 1 is 0.969 bits per heavy atom. The third kappa shape index (κ3) is 7.32. The summed E-state index contributed by atoms with van der Waals surface area (Å²) in [7, 11) is 0. The van der Waals surface area contributed by atoms with Crippen LogP contribution in [0.1, 0.15) is 23.1 Å². The molecule has 3 aromatic rings. The summed E-state index contributed by atoms with van der Waals surface area (Å²) in [6, 6.07) is 20.8. The van der Waals surface area contributed by atoms with Crippen LogP contribution in [-0.4, -0.2) is 18.0 Å². The third-order valence-corrected chi connectivity index (χ3v) is 5.65. The van der Waals surface area contributed by atoms with Gasteiger partial charge in [-0.15, -0.1) is 0 Å². The lowest BCUT2D eigenvalue weighted by Gasteiger charge is -2.09. The van der Waals surface area contributed by atoms with Gasteiger partial charge in [-0.2, -0.15) is 5.10 Å². The predicted octanol–water partition coefficient (Wildman–Crippen LogP) is 5.58. The molecule has 3 rings (SSSR count). The molecular formula is C24H21Br2N3O3. The number of aryl methyl sites for hydroxylation is 1. The number of anilines is 1. The van der Waals surface area contributed by atoms with Crippen molar-refractivity contribution in [1.82, 2.24) is 5.43 Å². The van der Waals surface area contributed by atoms with E-state index in [4.69, 9.17) is 4.74 Å². The Balaban J connectivity index is 1.47. The van der Waals surface area contributed by atoms with E-state index in [1.54, 1.807) is 18.2 Å². The average molecular weight is 559 g/mol. The lowest BCUT2D eigenvalue weighted by Crippen LogP contribution is -2.24. The van der Waals surface area contributed by atoms with Crippen LogP contribution in [0.4, 0.5) is 5.69 Å². The van der Waals surface area contributed by atoms with Gasteiger partial charge in [0.2, 0.25) is 11.8 Å². The van der Waals surface area contributed by atoms with Crippen LogP contribution >= 0.6 is 31.9 Å².